The highest BCUT2D eigenvalue weighted by Gasteiger charge is 2.29. The Labute approximate surface area is 138 Å². The maximum atomic E-state index is 12.7. The van der Waals surface area contributed by atoms with Gasteiger partial charge in [-0.1, -0.05) is 48.5 Å². The molecule has 4 rings (SSSR count). The van der Waals surface area contributed by atoms with E-state index in [1.807, 2.05) is 42.5 Å². The number of rotatable bonds is 3. The second-order valence-corrected chi connectivity index (χ2v) is 5.43. The summed E-state index contributed by atoms with van der Waals surface area (Å²) in [7, 11) is 0. The summed E-state index contributed by atoms with van der Waals surface area (Å²) < 4.78 is 36.3. The normalized spacial score (nSPS) is 15.4. The second-order valence-electron chi connectivity index (χ2n) is 5.43. The number of fused-ring (bicyclic) bond motifs is 3. The first-order chi connectivity index (χ1) is 11.7. The predicted molar refractivity (Wildman–Crippen MR) is 86.3 cm³/mol. The smallest absolute Gasteiger partial charge is 0.387 e. The number of halogens is 2. The number of benzene rings is 3. The van der Waals surface area contributed by atoms with Crippen LogP contribution in [0, 0.1) is 6.07 Å². The van der Waals surface area contributed by atoms with E-state index >= 15 is 0 Å². The highest BCUT2D eigenvalue weighted by Crippen LogP contribution is 2.48. The molecule has 1 unspecified atom stereocenters. The Hall–Kier alpha value is -2.88. The predicted octanol–water partition coefficient (Wildman–Crippen LogP) is 5.24. The molecule has 0 aliphatic carbocycles. The summed E-state index contributed by atoms with van der Waals surface area (Å²) in [5.74, 6) is 0.641. The number of alkyl halides is 2. The zero-order chi connectivity index (χ0) is 16.5. The van der Waals surface area contributed by atoms with Crippen molar-refractivity contribution in [2.45, 2.75) is 12.7 Å². The highest BCUT2D eigenvalue weighted by atomic mass is 19.3. The van der Waals surface area contributed by atoms with E-state index < -0.39 is 6.61 Å². The third kappa shape index (κ3) is 2.50. The van der Waals surface area contributed by atoms with Gasteiger partial charge in [-0.05, 0) is 35.4 Å². The third-order valence-electron chi connectivity index (χ3n) is 4.00. The molecular formula is C20H13F2O2. The minimum absolute atomic E-state index is 0.112. The molecule has 0 amide bonds. The van der Waals surface area contributed by atoms with Crippen LogP contribution in [0.2, 0.25) is 0 Å². The average Bonchev–Trinajstić information content (AvgIpc) is 2.61. The summed E-state index contributed by atoms with van der Waals surface area (Å²) in [6.07, 6.45) is -0.312. The van der Waals surface area contributed by atoms with Crippen LogP contribution in [-0.2, 0) is 0 Å². The van der Waals surface area contributed by atoms with Crippen molar-refractivity contribution in [3.63, 3.8) is 0 Å². The minimum Gasteiger partial charge on any atom is -0.480 e. The van der Waals surface area contributed by atoms with Gasteiger partial charge in [0.25, 0.3) is 0 Å². The first kappa shape index (κ1) is 14.7. The van der Waals surface area contributed by atoms with Crippen molar-refractivity contribution in [3.05, 3.63) is 83.9 Å². The van der Waals surface area contributed by atoms with E-state index in [2.05, 4.69) is 10.8 Å². The van der Waals surface area contributed by atoms with Gasteiger partial charge in [-0.15, -0.1) is 0 Å². The molecule has 3 aromatic rings. The molecule has 1 aliphatic heterocycles. The molecule has 0 spiro atoms. The Morgan fingerprint density at radius 2 is 1.83 bits per heavy atom. The standard InChI is InChI=1S/C20H13F2O2/c21-20(22)24-17-12-6-11-16-18(17)14-9-4-5-10-15(14)19(23-16)13-7-2-1-3-8-13/h1-4,6-12,19-20H. The zero-order valence-corrected chi connectivity index (χ0v) is 12.6. The molecule has 0 bridgehead atoms. The van der Waals surface area contributed by atoms with Crippen LogP contribution in [0.5, 0.6) is 11.5 Å². The van der Waals surface area contributed by atoms with E-state index in [9.17, 15) is 8.78 Å². The first-order valence-corrected chi connectivity index (χ1v) is 7.54. The molecule has 119 valence electrons. The summed E-state index contributed by atoms with van der Waals surface area (Å²) in [5.41, 5.74) is 3.24. The molecule has 0 aromatic heterocycles. The van der Waals surface area contributed by atoms with Gasteiger partial charge in [0.05, 0.1) is 5.56 Å². The molecule has 4 heteroatoms. The van der Waals surface area contributed by atoms with Crippen LogP contribution in [0.3, 0.4) is 0 Å². The molecule has 0 N–H and O–H groups in total. The maximum absolute atomic E-state index is 12.7. The monoisotopic (exact) mass is 323 g/mol. The third-order valence-corrected chi connectivity index (χ3v) is 4.00. The lowest BCUT2D eigenvalue weighted by atomic mass is 9.89. The second kappa shape index (κ2) is 5.96. The summed E-state index contributed by atoms with van der Waals surface area (Å²) in [6, 6.07) is 23.2. The van der Waals surface area contributed by atoms with Gasteiger partial charge in [-0.3, -0.25) is 0 Å². The summed E-state index contributed by atoms with van der Waals surface area (Å²) in [4.78, 5) is 0. The molecule has 0 saturated carbocycles. The maximum Gasteiger partial charge on any atom is 0.387 e. The van der Waals surface area contributed by atoms with Gasteiger partial charge in [-0.2, -0.15) is 8.78 Å². The van der Waals surface area contributed by atoms with Gasteiger partial charge in [0.15, 0.2) is 0 Å². The van der Waals surface area contributed by atoms with Crippen LogP contribution in [0.15, 0.2) is 66.7 Å². The molecule has 1 aliphatic rings. The number of hydrogen-bond donors (Lipinski definition) is 0. The van der Waals surface area contributed by atoms with Gasteiger partial charge in [-0.25, -0.2) is 0 Å². The van der Waals surface area contributed by atoms with Gasteiger partial charge in [0.2, 0.25) is 0 Å². The van der Waals surface area contributed by atoms with Gasteiger partial charge in [0.1, 0.15) is 17.6 Å². The van der Waals surface area contributed by atoms with E-state index in [0.717, 1.165) is 16.7 Å². The van der Waals surface area contributed by atoms with Crippen LogP contribution >= 0.6 is 0 Å². The summed E-state index contributed by atoms with van der Waals surface area (Å²) in [6.45, 7) is -2.89. The molecule has 1 radical (unpaired) electrons. The van der Waals surface area contributed by atoms with E-state index in [1.54, 1.807) is 18.2 Å². The molecule has 3 aromatic carbocycles. The quantitative estimate of drug-likeness (QED) is 0.656. The molecular weight excluding hydrogens is 310 g/mol. The SMILES string of the molecule is FC(F)Oc1cccc2c1-c1cc[c]cc1C(c1ccccc1)O2. The minimum atomic E-state index is -2.89. The van der Waals surface area contributed by atoms with Crippen molar-refractivity contribution < 1.29 is 18.3 Å². The van der Waals surface area contributed by atoms with Gasteiger partial charge in [0, 0.05) is 5.56 Å². The Kier molecular flexibility index (Phi) is 3.65. The Balaban J connectivity index is 1.89. The van der Waals surface area contributed by atoms with Gasteiger partial charge >= 0.3 is 6.61 Å². The van der Waals surface area contributed by atoms with Crippen molar-refractivity contribution in [2.75, 3.05) is 0 Å². The van der Waals surface area contributed by atoms with Crippen molar-refractivity contribution in [2.24, 2.45) is 0 Å². The van der Waals surface area contributed by atoms with E-state index in [-0.39, 0.29) is 11.9 Å². The van der Waals surface area contributed by atoms with Crippen molar-refractivity contribution in [1.29, 1.82) is 0 Å². The molecule has 0 saturated heterocycles. The summed E-state index contributed by atoms with van der Waals surface area (Å²) in [5, 5.41) is 0. The van der Waals surface area contributed by atoms with Crippen LogP contribution < -0.4 is 9.47 Å². The molecule has 1 heterocycles. The highest BCUT2D eigenvalue weighted by molar-refractivity contribution is 5.81. The van der Waals surface area contributed by atoms with Crippen molar-refractivity contribution in [3.8, 4) is 22.6 Å². The van der Waals surface area contributed by atoms with E-state index in [0.29, 0.717) is 11.3 Å². The summed E-state index contributed by atoms with van der Waals surface area (Å²) >= 11 is 0. The van der Waals surface area contributed by atoms with Gasteiger partial charge < -0.3 is 9.47 Å². The number of hydrogen-bond acceptors (Lipinski definition) is 2. The molecule has 2 nitrogen and oxygen atoms in total. The lowest BCUT2D eigenvalue weighted by molar-refractivity contribution is -0.0496. The van der Waals surface area contributed by atoms with Crippen LogP contribution in [0.4, 0.5) is 8.78 Å². The van der Waals surface area contributed by atoms with Crippen molar-refractivity contribution >= 4 is 0 Å². The zero-order valence-electron chi connectivity index (χ0n) is 12.6. The van der Waals surface area contributed by atoms with Crippen LogP contribution in [0.25, 0.3) is 11.1 Å². The van der Waals surface area contributed by atoms with Crippen molar-refractivity contribution in [1.82, 2.24) is 0 Å². The molecule has 0 fully saturated rings. The van der Waals surface area contributed by atoms with Crippen LogP contribution in [0.1, 0.15) is 17.2 Å². The molecule has 24 heavy (non-hydrogen) atoms. The lowest BCUT2D eigenvalue weighted by Gasteiger charge is -2.30. The number of ether oxygens (including phenoxy) is 2. The Morgan fingerprint density at radius 1 is 1.00 bits per heavy atom. The Morgan fingerprint density at radius 3 is 2.62 bits per heavy atom. The fraction of sp³-hybridized carbons (Fsp3) is 0.100. The Bertz CT molecular complexity index is 863. The van der Waals surface area contributed by atoms with Crippen LogP contribution in [-0.4, -0.2) is 6.61 Å². The fourth-order valence-corrected chi connectivity index (χ4v) is 3.02. The first-order valence-electron chi connectivity index (χ1n) is 7.54. The van der Waals surface area contributed by atoms with E-state index in [4.69, 9.17) is 4.74 Å². The topological polar surface area (TPSA) is 18.5 Å². The average molecular weight is 323 g/mol. The largest absolute Gasteiger partial charge is 0.480 e. The lowest BCUT2D eigenvalue weighted by Crippen LogP contribution is -2.16. The molecule has 1 atom stereocenters. The fourth-order valence-electron chi connectivity index (χ4n) is 3.02. The van der Waals surface area contributed by atoms with E-state index in [1.165, 1.54) is 6.07 Å².